The molecule has 0 fully saturated rings. The number of hydrogen-bond donors (Lipinski definition) is 3. The highest BCUT2D eigenvalue weighted by atomic mass is 19.1. The topological polar surface area (TPSA) is 75.7 Å². The van der Waals surface area contributed by atoms with Gasteiger partial charge in [0.1, 0.15) is 17.7 Å². The summed E-state index contributed by atoms with van der Waals surface area (Å²) in [5.74, 6) is -0.232. The lowest BCUT2D eigenvalue weighted by molar-refractivity contribution is 0.0221. The predicted molar refractivity (Wildman–Crippen MR) is 57.6 cm³/mol. The molecule has 0 radical (unpaired) electrons. The first-order valence-corrected chi connectivity index (χ1v) is 5.08. The minimum atomic E-state index is -1.32. The SMILES string of the molecule is CCOc1ccc(C(O)C(O)CN)c(F)c1. The maximum Gasteiger partial charge on any atom is 0.132 e. The maximum absolute atomic E-state index is 13.5. The van der Waals surface area contributed by atoms with E-state index in [2.05, 4.69) is 0 Å². The van der Waals surface area contributed by atoms with E-state index in [1.165, 1.54) is 18.2 Å². The van der Waals surface area contributed by atoms with E-state index in [1.54, 1.807) is 6.92 Å². The zero-order valence-electron chi connectivity index (χ0n) is 9.06. The van der Waals surface area contributed by atoms with E-state index in [0.717, 1.165) is 0 Å². The van der Waals surface area contributed by atoms with Crippen molar-refractivity contribution in [3.05, 3.63) is 29.6 Å². The van der Waals surface area contributed by atoms with Crippen LogP contribution >= 0.6 is 0 Å². The van der Waals surface area contributed by atoms with Crippen molar-refractivity contribution < 1.29 is 19.3 Å². The molecule has 0 heterocycles. The highest BCUT2D eigenvalue weighted by Crippen LogP contribution is 2.23. The Morgan fingerprint density at radius 1 is 1.44 bits per heavy atom. The monoisotopic (exact) mass is 229 g/mol. The lowest BCUT2D eigenvalue weighted by Crippen LogP contribution is -2.27. The molecule has 0 amide bonds. The molecule has 1 rings (SSSR count). The molecule has 0 aliphatic carbocycles. The third kappa shape index (κ3) is 2.91. The molecule has 0 bridgehead atoms. The van der Waals surface area contributed by atoms with Gasteiger partial charge in [-0.15, -0.1) is 0 Å². The Morgan fingerprint density at radius 3 is 2.62 bits per heavy atom. The molecule has 16 heavy (non-hydrogen) atoms. The van der Waals surface area contributed by atoms with Crippen LogP contribution in [0.25, 0.3) is 0 Å². The number of nitrogens with two attached hydrogens (primary N) is 1. The van der Waals surface area contributed by atoms with Gasteiger partial charge in [0.25, 0.3) is 0 Å². The van der Waals surface area contributed by atoms with E-state index in [1.807, 2.05) is 0 Å². The summed E-state index contributed by atoms with van der Waals surface area (Å²) in [6.45, 7) is 2.10. The van der Waals surface area contributed by atoms with Crippen LogP contribution in [0.4, 0.5) is 4.39 Å². The Labute approximate surface area is 93.5 Å². The van der Waals surface area contributed by atoms with Crippen LogP contribution in [0, 0.1) is 5.82 Å². The molecular formula is C11H16FNO3. The van der Waals surface area contributed by atoms with E-state index >= 15 is 0 Å². The molecule has 4 N–H and O–H groups in total. The quantitative estimate of drug-likeness (QED) is 0.690. The number of rotatable bonds is 5. The number of ether oxygens (including phenoxy) is 1. The van der Waals surface area contributed by atoms with Gasteiger partial charge in [-0.2, -0.15) is 0 Å². The van der Waals surface area contributed by atoms with Crippen molar-refractivity contribution in [1.29, 1.82) is 0 Å². The van der Waals surface area contributed by atoms with Crippen molar-refractivity contribution >= 4 is 0 Å². The van der Waals surface area contributed by atoms with E-state index in [0.29, 0.717) is 12.4 Å². The van der Waals surface area contributed by atoms with Crippen molar-refractivity contribution in [3.63, 3.8) is 0 Å². The smallest absolute Gasteiger partial charge is 0.132 e. The van der Waals surface area contributed by atoms with E-state index in [4.69, 9.17) is 10.5 Å². The number of halogens is 1. The average molecular weight is 229 g/mol. The van der Waals surface area contributed by atoms with Gasteiger partial charge in [-0.25, -0.2) is 4.39 Å². The number of benzene rings is 1. The normalized spacial score (nSPS) is 14.6. The summed E-state index contributed by atoms with van der Waals surface area (Å²) in [5.41, 5.74) is 5.20. The third-order valence-corrected chi connectivity index (χ3v) is 2.21. The molecule has 0 aliphatic rings. The minimum Gasteiger partial charge on any atom is -0.494 e. The largest absolute Gasteiger partial charge is 0.494 e. The highest BCUT2D eigenvalue weighted by Gasteiger charge is 2.20. The van der Waals surface area contributed by atoms with Crippen molar-refractivity contribution in [2.75, 3.05) is 13.2 Å². The second kappa shape index (κ2) is 5.79. The molecule has 90 valence electrons. The van der Waals surface area contributed by atoms with Crippen molar-refractivity contribution in [2.24, 2.45) is 5.73 Å². The summed E-state index contributed by atoms with van der Waals surface area (Å²) in [6.07, 6.45) is -2.49. The molecule has 2 unspecified atom stereocenters. The van der Waals surface area contributed by atoms with Gasteiger partial charge in [0.15, 0.2) is 0 Å². The lowest BCUT2D eigenvalue weighted by Gasteiger charge is -2.17. The van der Waals surface area contributed by atoms with Crippen LogP contribution in [0.15, 0.2) is 18.2 Å². The number of aliphatic hydroxyl groups is 2. The first kappa shape index (κ1) is 12.9. The van der Waals surface area contributed by atoms with Gasteiger partial charge in [0, 0.05) is 18.2 Å². The Kier molecular flexibility index (Phi) is 4.67. The van der Waals surface area contributed by atoms with Gasteiger partial charge >= 0.3 is 0 Å². The van der Waals surface area contributed by atoms with Gasteiger partial charge < -0.3 is 20.7 Å². The van der Waals surface area contributed by atoms with Crippen LogP contribution in [0.2, 0.25) is 0 Å². The van der Waals surface area contributed by atoms with E-state index in [9.17, 15) is 14.6 Å². The van der Waals surface area contributed by atoms with Crippen molar-refractivity contribution in [3.8, 4) is 5.75 Å². The summed E-state index contributed by atoms with van der Waals surface area (Å²) in [7, 11) is 0. The predicted octanol–water partition coefficient (Wildman–Crippen LogP) is 0.577. The van der Waals surface area contributed by atoms with Gasteiger partial charge in [0.05, 0.1) is 12.7 Å². The Bertz CT molecular complexity index is 346. The fourth-order valence-electron chi connectivity index (χ4n) is 1.34. The second-order valence-corrected chi connectivity index (χ2v) is 3.36. The second-order valence-electron chi connectivity index (χ2n) is 3.36. The minimum absolute atomic E-state index is 0.0152. The lowest BCUT2D eigenvalue weighted by atomic mass is 10.0. The Morgan fingerprint density at radius 2 is 2.12 bits per heavy atom. The zero-order chi connectivity index (χ0) is 12.1. The van der Waals surface area contributed by atoms with Crippen LogP contribution < -0.4 is 10.5 Å². The van der Waals surface area contributed by atoms with E-state index in [-0.39, 0.29) is 12.1 Å². The van der Waals surface area contributed by atoms with Crippen LogP contribution in [0.1, 0.15) is 18.6 Å². The molecule has 0 saturated heterocycles. The fraction of sp³-hybridized carbons (Fsp3) is 0.455. The van der Waals surface area contributed by atoms with Gasteiger partial charge in [-0.3, -0.25) is 0 Å². The van der Waals surface area contributed by atoms with E-state index < -0.39 is 18.0 Å². The number of hydrogen-bond acceptors (Lipinski definition) is 4. The van der Waals surface area contributed by atoms with Crippen LogP contribution in [0.3, 0.4) is 0 Å². The molecular weight excluding hydrogens is 213 g/mol. The van der Waals surface area contributed by atoms with Gasteiger partial charge in [-0.05, 0) is 19.1 Å². The summed E-state index contributed by atoms with van der Waals surface area (Å²) < 4.78 is 18.6. The first-order valence-electron chi connectivity index (χ1n) is 5.08. The summed E-state index contributed by atoms with van der Waals surface area (Å²) in [6, 6.07) is 4.09. The Balaban J connectivity index is 2.89. The standard InChI is InChI=1S/C11H16FNO3/c1-2-16-7-3-4-8(9(12)5-7)11(15)10(14)6-13/h3-5,10-11,14-15H,2,6,13H2,1H3. The van der Waals surface area contributed by atoms with Crippen molar-refractivity contribution in [1.82, 2.24) is 0 Å². The molecule has 0 aromatic heterocycles. The molecule has 1 aromatic rings. The fourth-order valence-corrected chi connectivity index (χ4v) is 1.34. The molecule has 5 heteroatoms. The summed E-state index contributed by atoms with van der Waals surface area (Å²) in [4.78, 5) is 0. The maximum atomic E-state index is 13.5. The van der Waals surface area contributed by atoms with Gasteiger partial charge in [-0.1, -0.05) is 0 Å². The van der Waals surface area contributed by atoms with Crippen molar-refractivity contribution in [2.45, 2.75) is 19.1 Å². The third-order valence-electron chi connectivity index (χ3n) is 2.21. The molecule has 4 nitrogen and oxygen atoms in total. The van der Waals surface area contributed by atoms with Crippen LogP contribution in [0.5, 0.6) is 5.75 Å². The van der Waals surface area contributed by atoms with Crippen LogP contribution in [-0.4, -0.2) is 29.5 Å². The number of aliphatic hydroxyl groups excluding tert-OH is 2. The zero-order valence-corrected chi connectivity index (χ0v) is 9.06. The highest BCUT2D eigenvalue weighted by molar-refractivity contribution is 5.30. The van der Waals surface area contributed by atoms with Gasteiger partial charge in [0.2, 0.25) is 0 Å². The molecule has 1 aromatic carbocycles. The Hall–Kier alpha value is -1.17. The molecule has 0 spiro atoms. The average Bonchev–Trinajstić information content (AvgIpc) is 2.28. The molecule has 0 aliphatic heterocycles. The molecule has 0 saturated carbocycles. The summed E-state index contributed by atoms with van der Waals surface area (Å²) in [5, 5.41) is 18.9. The first-order chi connectivity index (χ1) is 7.60. The van der Waals surface area contributed by atoms with Crippen LogP contribution in [-0.2, 0) is 0 Å². The summed E-state index contributed by atoms with van der Waals surface area (Å²) >= 11 is 0. The molecule has 2 atom stereocenters.